The van der Waals surface area contributed by atoms with Gasteiger partial charge < -0.3 is 9.47 Å². The van der Waals surface area contributed by atoms with Crippen LogP contribution in [0.1, 0.15) is 25.7 Å². The third kappa shape index (κ3) is 9.32. The predicted molar refractivity (Wildman–Crippen MR) is 85.7 cm³/mol. The van der Waals surface area contributed by atoms with Crippen molar-refractivity contribution >= 4 is 35.5 Å². The van der Waals surface area contributed by atoms with Gasteiger partial charge in [-0.15, -0.1) is 23.5 Å². The fraction of sp³-hybridized carbons (Fsp3) is 0.571. The molecule has 8 heteroatoms. The normalized spacial score (nSPS) is 10.9. The molecule has 0 aromatic heterocycles. The summed E-state index contributed by atoms with van der Waals surface area (Å²) in [5.41, 5.74) is 0. The van der Waals surface area contributed by atoms with Crippen LogP contribution in [0.4, 0.5) is 0 Å². The first-order valence-electron chi connectivity index (χ1n) is 6.52. The lowest BCUT2D eigenvalue weighted by atomic mass is 10.3. The van der Waals surface area contributed by atoms with Gasteiger partial charge in [-0.25, -0.2) is 0 Å². The van der Waals surface area contributed by atoms with E-state index in [0.717, 1.165) is 0 Å². The molecule has 0 rings (SSSR count). The molecule has 0 radical (unpaired) electrons. The summed E-state index contributed by atoms with van der Waals surface area (Å²) in [6.07, 6.45) is 1.73. The Morgan fingerprint density at radius 1 is 0.864 bits per heavy atom. The second kappa shape index (κ2) is 13.1. The van der Waals surface area contributed by atoms with E-state index in [2.05, 4.69) is 9.47 Å². The van der Waals surface area contributed by atoms with E-state index in [4.69, 9.17) is 10.5 Å². The lowest BCUT2D eigenvalue weighted by Gasteiger charge is -2.03. The molecule has 0 unspecified atom stereocenters. The first kappa shape index (κ1) is 20.4. The minimum Gasteiger partial charge on any atom is -0.469 e. The molecule has 6 nitrogen and oxygen atoms in total. The van der Waals surface area contributed by atoms with Crippen molar-refractivity contribution < 1.29 is 19.1 Å². The Hall–Kier alpha value is -1.64. The van der Waals surface area contributed by atoms with Crippen LogP contribution < -0.4 is 0 Å². The average molecular weight is 342 g/mol. The number of carbonyl (C=O) groups is 2. The highest BCUT2D eigenvalue weighted by Gasteiger charge is 2.09. The van der Waals surface area contributed by atoms with Crippen molar-refractivity contribution in [1.82, 2.24) is 0 Å². The van der Waals surface area contributed by atoms with E-state index >= 15 is 0 Å². The molecule has 0 aliphatic rings. The molecule has 0 saturated heterocycles. The summed E-state index contributed by atoms with van der Waals surface area (Å²) >= 11 is 2.50. The maximum Gasteiger partial charge on any atom is 0.305 e. The van der Waals surface area contributed by atoms with Crippen molar-refractivity contribution in [3.63, 3.8) is 0 Å². The van der Waals surface area contributed by atoms with Crippen LogP contribution in [-0.2, 0) is 19.1 Å². The minimum absolute atomic E-state index is 0.288. The molecule has 0 fully saturated rings. The Morgan fingerprint density at radius 2 is 1.23 bits per heavy atom. The first-order valence-corrected chi connectivity index (χ1v) is 8.49. The molecule has 0 aromatic carbocycles. The van der Waals surface area contributed by atoms with E-state index in [9.17, 15) is 9.59 Å². The number of carbonyl (C=O) groups excluding carboxylic acids is 2. The van der Waals surface area contributed by atoms with E-state index in [1.807, 2.05) is 12.1 Å². The van der Waals surface area contributed by atoms with Crippen molar-refractivity contribution in [2.45, 2.75) is 25.7 Å². The molecular formula is C14H18N2O4S2. The van der Waals surface area contributed by atoms with Gasteiger partial charge in [0.05, 0.1) is 14.2 Å². The van der Waals surface area contributed by atoms with Gasteiger partial charge in [0.25, 0.3) is 0 Å². The van der Waals surface area contributed by atoms with Gasteiger partial charge in [0.15, 0.2) is 0 Å². The van der Waals surface area contributed by atoms with E-state index < -0.39 is 0 Å². The van der Waals surface area contributed by atoms with Crippen molar-refractivity contribution in [3.8, 4) is 12.1 Å². The Balaban J connectivity index is 4.27. The summed E-state index contributed by atoms with van der Waals surface area (Å²) in [5.74, 6) is 0.541. The van der Waals surface area contributed by atoms with Gasteiger partial charge in [-0.3, -0.25) is 9.59 Å². The number of nitriles is 2. The number of methoxy groups -OCH3 is 2. The second-order valence-electron chi connectivity index (χ2n) is 3.94. The lowest BCUT2D eigenvalue weighted by Crippen LogP contribution is -2.00. The van der Waals surface area contributed by atoms with E-state index in [1.54, 1.807) is 0 Å². The second-order valence-corrected chi connectivity index (χ2v) is 6.15. The Labute approximate surface area is 138 Å². The highest BCUT2D eigenvalue weighted by Crippen LogP contribution is 2.28. The zero-order valence-electron chi connectivity index (χ0n) is 12.6. The molecule has 0 atom stereocenters. The smallest absolute Gasteiger partial charge is 0.305 e. The number of thioether (sulfide) groups is 2. The number of ether oxygens (including phenoxy) is 2. The topological polar surface area (TPSA) is 100 Å². The molecule has 0 aliphatic carbocycles. The van der Waals surface area contributed by atoms with Gasteiger partial charge in [-0.1, -0.05) is 0 Å². The molecule has 0 heterocycles. The largest absolute Gasteiger partial charge is 0.469 e. The van der Waals surface area contributed by atoms with Crippen LogP contribution in [0.5, 0.6) is 0 Å². The number of hydrogen-bond donors (Lipinski definition) is 0. The number of hydrogen-bond acceptors (Lipinski definition) is 8. The molecule has 0 aliphatic heterocycles. The van der Waals surface area contributed by atoms with Crippen molar-refractivity contribution in [2.75, 3.05) is 25.7 Å². The predicted octanol–water partition coefficient (Wildman–Crippen LogP) is 2.62. The van der Waals surface area contributed by atoms with Gasteiger partial charge in [0.1, 0.15) is 21.9 Å². The summed E-state index contributed by atoms with van der Waals surface area (Å²) in [6, 6.07) is 4.01. The SMILES string of the molecule is COC(=O)CCCS/C(C#N)=C(/C#N)SCCCC(=O)OC. The maximum absolute atomic E-state index is 11.0. The molecule has 22 heavy (non-hydrogen) atoms. The number of allylic oxidation sites excluding steroid dienone is 2. The standard InChI is InChI=1S/C14H18N2O4S2/c1-19-13(17)5-3-7-21-11(9-15)12(10-16)22-8-4-6-14(18)20-2/h3-8H2,1-2H3/b12-11-. The van der Waals surface area contributed by atoms with Crippen LogP contribution in [0.3, 0.4) is 0 Å². The molecule has 0 amide bonds. The van der Waals surface area contributed by atoms with Gasteiger partial charge in [-0.2, -0.15) is 10.5 Å². The summed E-state index contributed by atoms with van der Waals surface area (Å²) in [4.78, 5) is 22.6. The molecule has 0 saturated carbocycles. The third-order valence-electron chi connectivity index (χ3n) is 2.41. The summed E-state index contributed by atoms with van der Waals surface area (Å²) in [5, 5.41) is 18.2. The van der Waals surface area contributed by atoms with Gasteiger partial charge >= 0.3 is 11.9 Å². The quantitative estimate of drug-likeness (QED) is 0.339. The van der Waals surface area contributed by atoms with Crippen LogP contribution >= 0.6 is 23.5 Å². The van der Waals surface area contributed by atoms with Crippen molar-refractivity contribution in [1.29, 1.82) is 10.5 Å². The first-order chi connectivity index (χ1) is 10.6. The fourth-order valence-corrected chi connectivity index (χ4v) is 3.10. The highest BCUT2D eigenvalue weighted by atomic mass is 32.2. The summed E-state index contributed by atoms with van der Waals surface area (Å²) in [6.45, 7) is 0. The average Bonchev–Trinajstić information content (AvgIpc) is 2.55. The number of nitrogens with zero attached hydrogens (tertiary/aromatic N) is 2. The van der Waals surface area contributed by atoms with Crippen LogP contribution in [0.2, 0.25) is 0 Å². The van der Waals surface area contributed by atoms with Gasteiger partial charge in [-0.05, 0) is 24.3 Å². The highest BCUT2D eigenvalue weighted by molar-refractivity contribution is 8.07. The minimum atomic E-state index is -0.291. The van der Waals surface area contributed by atoms with Crippen molar-refractivity contribution in [2.24, 2.45) is 0 Å². The van der Waals surface area contributed by atoms with E-state index in [1.165, 1.54) is 37.7 Å². The molecule has 0 aromatic rings. The maximum atomic E-state index is 11.0. The number of rotatable bonds is 10. The Kier molecular flexibility index (Phi) is 12.1. The van der Waals surface area contributed by atoms with Crippen molar-refractivity contribution in [3.05, 3.63) is 9.81 Å². The third-order valence-corrected chi connectivity index (χ3v) is 4.69. The molecule has 0 bridgehead atoms. The van der Waals surface area contributed by atoms with Crippen LogP contribution in [-0.4, -0.2) is 37.7 Å². The molecule has 0 N–H and O–H groups in total. The van der Waals surface area contributed by atoms with E-state index in [-0.39, 0.29) is 24.8 Å². The van der Waals surface area contributed by atoms with Crippen LogP contribution in [0.15, 0.2) is 9.81 Å². The van der Waals surface area contributed by atoms with Crippen LogP contribution in [0.25, 0.3) is 0 Å². The summed E-state index contributed by atoms with van der Waals surface area (Å²) in [7, 11) is 2.66. The van der Waals surface area contributed by atoms with Gasteiger partial charge in [0.2, 0.25) is 0 Å². The lowest BCUT2D eigenvalue weighted by molar-refractivity contribution is -0.141. The number of esters is 2. The van der Waals surface area contributed by atoms with Crippen LogP contribution in [0, 0.1) is 22.7 Å². The zero-order chi connectivity index (χ0) is 16.8. The Bertz CT molecular complexity index is 448. The monoisotopic (exact) mass is 342 g/mol. The fourth-order valence-electron chi connectivity index (χ4n) is 1.28. The van der Waals surface area contributed by atoms with Gasteiger partial charge in [0, 0.05) is 12.8 Å². The zero-order valence-corrected chi connectivity index (χ0v) is 14.2. The molecular weight excluding hydrogens is 324 g/mol. The Morgan fingerprint density at radius 3 is 1.50 bits per heavy atom. The molecule has 0 spiro atoms. The van der Waals surface area contributed by atoms with E-state index in [0.29, 0.717) is 34.2 Å². The molecule has 120 valence electrons. The summed E-state index contributed by atoms with van der Waals surface area (Å²) < 4.78 is 9.05.